The highest BCUT2D eigenvalue weighted by atomic mass is 16.7. The van der Waals surface area contributed by atoms with E-state index in [1.807, 2.05) is 4.90 Å². The number of nitrogens with one attached hydrogen (secondary N) is 1. The summed E-state index contributed by atoms with van der Waals surface area (Å²) in [6.45, 7) is 4.21. The van der Waals surface area contributed by atoms with Gasteiger partial charge in [0, 0.05) is 18.9 Å². The van der Waals surface area contributed by atoms with Gasteiger partial charge in [-0.25, -0.2) is 5.48 Å². The molecule has 2 amide bonds. The van der Waals surface area contributed by atoms with Gasteiger partial charge in [-0.1, -0.05) is 0 Å². The van der Waals surface area contributed by atoms with Gasteiger partial charge < -0.3 is 10.0 Å². The maximum absolute atomic E-state index is 13.2. The first kappa shape index (κ1) is 20.9. The lowest BCUT2D eigenvalue weighted by Gasteiger charge is -2.32. The van der Waals surface area contributed by atoms with Gasteiger partial charge in [0.2, 0.25) is 5.91 Å². The highest BCUT2D eigenvalue weighted by Gasteiger charge is 2.45. The third-order valence-corrected chi connectivity index (χ3v) is 6.13. The van der Waals surface area contributed by atoms with Crippen LogP contribution in [0.5, 0.6) is 0 Å². The van der Waals surface area contributed by atoms with Gasteiger partial charge >= 0.3 is 0 Å². The summed E-state index contributed by atoms with van der Waals surface area (Å²) in [5, 5.41) is 9.79. The number of nitrogens with zero attached hydrogens (tertiary/aromatic N) is 2. The lowest BCUT2D eigenvalue weighted by molar-refractivity contribution is -0.143. The van der Waals surface area contributed by atoms with Gasteiger partial charge in [0.1, 0.15) is 11.8 Å². The molecule has 3 fully saturated rings. The molecule has 5 atom stereocenters. The zero-order valence-electron chi connectivity index (χ0n) is 16.4. The van der Waals surface area contributed by atoms with Gasteiger partial charge in [-0.15, -0.1) is 0 Å². The molecule has 0 spiro atoms. The Morgan fingerprint density at radius 3 is 2.50 bits per heavy atom. The molecule has 3 aliphatic heterocycles. The minimum absolute atomic E-state index is 0.0608. The average Bonchev–Trinajstić information content (AvgIpc) is 3.37. The van der Waals surface area contributed by atoms with E-state index >= 15 is 0 Å². The van der Waals surface area contributed by atoms with Gasteiger partial charge in [0.05, 0.1) is 24.8 Å². The fraction of sp³-hybridized carbons (Fsp3) is 0.789. The Labute approximate surface area is 164 Å². The predicted octanol–water partition coefficient (Wildman–Crippen LogP) is -0.583. The second-order valence-corrected chi connectivity index (χ2v) is 8.01. The van der Waals surface area contributed by atoms with E-state index in [-0.39, 0.29) is 36.4 Å². The van der Waals surface area contributed by atoms with Gasteiger partial charge in [-0.2, -0.15) is 0 Å². The zero-order chi connectivity index (χ0) is 20.4. The number of ketones is 2. The quantitative estimate of drug-likeness (QED) is 0.592. The molecule has 0 aromatic heterocycles. The molecule has 3 saturated heterocycles. The van der Waals surface area contributed by atoms with Gasteiger partial charge in [0.15, 0.2) is 5.78 Å². The summed E-state index contributed by atoms with van der Waals surface area (Å²) in [6, 6.07) is -1.49. The number of Topliss-reactive ketones (excluding diaryl/α,β-unsaturated/α-hetero) is 2. The van der Waals surface area contributed by atoms with Crippen LogP contribution in [0, 0.1) is 5.92 Å². The van der Waals surface area contributed by atoms with Crippen LogP contribution >= 0.6 is 0 Å². The molecule has 0 saturated carbocycles. The zero-order valence-corrected chi connectivity index (χ0v) is 16.4. The van der Waals surface area contributed by atoms with Crippen LogP contribution in [0.1, 0.15) is 46.0 Å². The van der Waals surface area contributed by atoms with Gasteiger partial charge in [0.25, 0.3) is 5.91 Å². The number of likely N-dealkylation sites (tertiary alicyclic amines) is 2. The molecule has 3 aliphatic rings. The molecule has 0 aliphatic carbocycles. The lowest BCUT2D eigenvalue weighted by atomic mass is 9.90. The van der Waals surface area contributed by atoms with Gasteiger partial charge in [-0.05, 0) is 46.1 Å². The fourth-order valence-electron chi connectivity index (χ4n) is 4.57. The highest BCUT2D eigenvalue weighted by molar-refractivity contribution is 5.94. The molecule has 2 unspecified atom stereocenters. The van der Waals surface area contributed by atoms with E-state index in [2.05, 4.69) is 5.48 Å². The smallest absolute Gasteiger partial charge is 0.263 e. The van der Waals surface area contributed by atoms with Crippen LogP contribution in [0.15, 0.2) is 0 Å². The summed E-state index contributed by atoms with van der Waals surface area (Å²) in [7, 11) is 0. The van der Waals surface area contributed by atoms with Crippen molar-refractivity contribution in [2.45, 2.75) is 70.2 Å². The number of aliphatic hydroxyl groups is 1. The summed E-state index contributed by atoms with van der Waals surface area (Å²) in [5.74, 6) is -1.53. The molecule has 0 bridgehead atoms. The van der Waals surface area contributed by atoms with E-state index in [0.29, 0.717) is 25.9 Å². The van der Waals surface area contributed by atoms with E-state index in [1.165, 1.54) is 13.8 Å². The summed E-state index contributed by atoms with van der Waals surface area (Å²) in [6.07, 6.45) is 1.77. The average molecular weight is 395 g/mol. The Morgan fingerprint density at radius 1 is 1.21 bits per heavy atom. The standard InChI is InChI=1S/C19H29N3O6/c1-11(23)13(12(2)24)9-17(25)14-5-3-8-22(14)19(27)15-6-4-7-21(15)16-10-28-20-18(16)26/h11,13-16,23H,3-10H2,1-2H3,(H,20,26)/t11-,13+,14?,15?,16+/m1/s1. The number of rotatable bonds is 7. The van der Waals surface area contributed by atoms with Crippen LogP contribution in [0.3, 0.4) is 0 Å². The molecule has 9 nitrogen and oxygen atoms in total. The second-order valence-electron chi connectivity index (χ2n) is 8.01. The van der Waals surface area contributed by atoms with Crippen LogP contribution in [-0.2, 0) is 24.0 Å². The molecule has 156 valence electrons. The number of hydroxylamine groups is 1. The van der Waals surface area contributed by atoms with Crippen molar-refractivity contribution >= 4 is 23.4 Å². The number of hydrogen-bond donors (Lipinski definition) is 2. The minimum Gasteiger partial charge on any atom is -0.393 e. The lowest BCUT2D eigenvalue weighted by Crippen LogP contribution is -2.54. The molecule has 2 N–H and O–H groups in total. The number of carbonyl (C=O) groups is 4. The van der Waals surface area contributed by atoms with E-state index in [4.69, 9.17) is 4.84 Å². The largest absolute Gasteiger partial charge is 0.393 e. The van der Waals surface area contributed by atoms with Crippen LogP contribution in [0.25, 0.3) is 0 Å². The summed E-state index contributed by atoms with van der Waals surface area (Å²) in [4.78, 5) is 58.2. The SMILES string of the molecule is CC(=O)[C@@H](CC(=O)C1CCCN1C(=O)C1CCCN1[C@H]1CONC1=O)[C@@H](C)O. The minimum atomic E-state index is -0.904. The molecule has 3 heterocycles. The molecule has 0 aromatic carbocycles. The van der Waals surface area contributed by atoms with Crippen molar-refractivity contribution in [2.24, 2.45) is 5.92 Å². The maximum atomic E-state index is 13.2. The van der Waals surface area contributed by atoms with Crippen molar-refractivity contribution in [3.05, 3.63) is 0 Å². The Balaban J connectivity index is 1.69. The van der Waals surface area contributed by atoms with Crippen molar-refractivity contribution in [1.29, 1.82) is 0 Å². The second kappa shape index (κ2) is 8.67. The molecular weight excluding hydrogens is 366 g/mol. The molecule has 0 aromatic rings. The normalized spacial score (nSPS) is 30.3. The van der Waals surface area contributed by atoms with Crippen LogP contribution in [-0.4, -0.2) is 82.2 Å². The third kappa shape index (κ3) is 4.11. The van der Waals surface area contributed by atoms with Gasteiger partial charge in [-0.3, -0.25) is 28.9 Å². The predicted molar refractivity (Wildman–Crippen MR) is 97.8 cm³/mol. The summed E-state index contributed by atoms with van der Waals surface area (Å²) >= 11 is 0. The van der Waals surface area contributed by atoms with Crippen LogP contribution in [0.2, 0.25) is 0 Å². The van der Waals surface area contributed by atoms with E-state index in [9.17, 15) is 24.3 Å². The number of amides is 2. The number of carbonyl (C=O) groups excluding carboxylic acids is 4. The molecule has 9 heteroatoms. The first-order chi connectivity index (χ1) is 13.3. The van der Waals surface area contributed by atoms with E-state index in [1.54, 1.807) is 4.90 Å². The number of aliphatic hydroxyl groups excluding tert-OH is 1. The first-order valence-corrected chi connectivity index (χ1v) is 10.0. The third-order valence-electron chi connectivity index (χ3n) is 6.13. The summed E-state index contributed by atoms with van der Waals surface area (Å²) in [5.41, 5.74) is 2.33. The van der Waals surface area contributed by atoms with Crippen molar-refractivity contribution in [3.63, 3.8) is 0 Å². The first-order valence-electron chi connectivity index (χ1n) is 10.0. The van der Waals surface area contributed by atoms with E-state index in [0.717, 1.165) is 12.8 Å². The highest BCUT2D eigenvalue weighted by Crippen LogP contribution is 2.28. The van der Waals surface area contributed by atoms with Crippen molar-refractivity contribution in [2.75, 3.05) is 19.7 Å². The molecule has 28 heavy (non-hydrogen) atoms. The number of hydrogen-bond acceptors (Lipinski definition) is 7. The van der Waals surface area contributed by atoms with E-state index < -0.39 is 30.1 Å². The molecular formula is C19H29N3O6. The Bertz CT molecular complexity index is 652. The maximum Gasteiger partial charge on any atom is 0.263 e. The van der Waals surface area contributed by atoms with Crippen molar-refractivity contribution < 1.29 is 29.1 Å². The fourth-order valence-corrected chi connectivity index (χ4v) is 4.57. The molecule has 3 rings (SSSR count). The monoisotopic (exact) mass is 395 g/mol. The van der Waals surface area contributed by atoms with Crippen LogP contribution in [0.4, 0.5) is 0 Å². The molecule has 0 radical (unpaired) electrons. The Hall–Kier alpha value is -1.84. The van der Waals surface area contributed by atoms with Crippen molar-refractivity contribution in [1.82, 2.24) is 15.3 Å². The van der Waals surface area contributed by atoms with Crippen molar-refractivity contribution in [3.8, 4) is 0 Å². The Morgan fingerprint density at radius 2 is 1.89 bits per heavy atom. The topological polar surface area (TPSA) is 116 Å². The Kier molecular flexibility index (Phi) is 6.47. The van der Waals surface area contributed by atoms with Crippen LogP contribution < -0.4 is 5.48 Å². The summed E-state index contributed by atoms with van der Waals surface area (Å²) < 4.78 is 0.